The molecule has 0 aliphatic heterocycles. The van der Waals surface area contributed by atoms with Crippen LogP contribution in [-0.4, -0.2) is 18.4 Å². The molecule has 2 aromatic carbocycles. The summed E-state index contributed by atoms with van der Waals surface area (Å²) in [4.78, 5) is 28.0. The minimum Gasteiger partial charge on any atom is -0.444 e. The number of esters is 1. The van der Waals surface area contributed by atoms with E-state index < -0.39 is 18.0 Å². The number of carbonyl (C=O) groups excluding carboxylic acids is 2. The minimum absolute atomic E-state index is 0.145. The van der Waals surface area contributed by atoms with E-state index in [-0.39, 0.29) is 16.3 Å². The number of nitrogens with one attached hydrogen (secondary N) is 1. The zero-order chi connectivity index (χ0) is 19.6. The van der Waals surface area contributed by atoms with Gasteiger partial charge in [-0.2, -0.15) is 0 Å². The number of amides is 1. The molecule has 2 aromatic rings. The quantitative estimate of drug-likeness (QED) is 0.224. The molecule has 0 radical (unpaired) electrons. The second-order valence-corrected chi connectivity index (χ2v) is 6.07. The summed E-state index contributed by atoms with van der Waals surface area (Å²) in [6, 6.07) is 12.9. The van der Waals surface area contributed by atoms with Gasteiger partial charge in [0, 0.05) is 22.7 Å². The summed E-state index contributed by atoms with van der Waals surface area (Å²) >= 11 is 6.04. The monoisotopic (exact) mass is 386 g/mol. The van der Waals surface area contributed by atoms with Crippen molar-refractivity contribution in [2.24, 2.45) is 5.11 Å². The molecule has 0 aliphatic rings. The molecule has 0 aliphatic carbocycles. The number of nitrogens with zero attached hydrogens (tertiary/aromatic N) is 3. The third-order valence-electron chi connectivity index (χ3n) is 3.76. The first kappa shape index (κ1) is 20.3. The molecule has 1 amide bonds. The summed E-state index contributed by atoms with van der Waals surface area (Å²) in [6.07, 6.45) is 0.418. The first-order valence-electron chi connectivity index (χ1n) is 8.45. The average Bonchev–Trinajstić information content (AvgIpc) is 2.67. The molecule has 7 nitrogen and oxygen atoms in total. The summed E-state index contributed by atoms with van der Waals surface area (Å²) in [5.74, 6) is -1.24. The molecule has 0 saturated heterocycles. The van der Waals surface area contributed by atoms with E-state index in [0.29, 0.717) is 12.1 Å². The fourth-order valence-corrected chi connectivity index (χ4v) is 2.60. The van der Waals surface area contributed by atoms with Crippen molar-refractivity contribution in [1.29, 1.82) is 0 Å². The van der Waals surface area contributed by atoms with Gasteiger partial charge in [-0.3, -0.25) is 4.79 Å². The number of carbonyl (C=O) groups is 2. The van der Waals surface area contributed by atoms with Gasteiger partial charge in [-0.05, 0) is 24.1 Å². The fraction of sp³-hybridized carbons (Fsp3) is 0.263. The Labute approximate surface area is 161 Å². The van der Waals surface area contributed by atoms with E-state index in [0.717, 1.165) is 12.8 Å². The average molecular weight is 387 g/mol. The Balaban J connectivity index is 2.35. The number of unbranched alkanes of at least 4 members (excludes halogenated alkanes) is 1. The molecule has 0 saturated carbocycles. The molecule has 1 N–H and O–H groups in total. The van der Waals surface area contributed by atoms with E-state index in [4.69, 9.17) is 21.9 Å². The second kappa shape index (κ2) is 10.2. The van der Waals surface area contributed by atoms with Crippen LogP contribution in [0.25, 0.3) is 10.4 Å². The highest BCUT2D eigenvalue weighted by Gasteiger charge is 2.28. The first-order chi connectivity index (χ1) is 13.1. The van der Waals surface area contributed by atoms with Gasteiger partial charge >= 0.3 is 5.97 Å². The maximum Gasteiger partial charge on any atom is 0.340 e. The van der Waals surface area contributed by atoms with E-state index >= 15 is 0 Å². The number of rotatable bonds is 8. The Morgan fingerprint density at radius 2 is 1.93 bits per heavy atom. The highest BCUT2D eigenvalue weighted by Crippen LogP contribution is 2.30. The van der Waals surface area contributed by atoms with Gasteiger partial charge in [0.05, 0.1) is 10.6 Å². The first-order valence-corrected chi connectivity index (χ1v) is 8.83. The summed E-state index contributed by atoms with van der Waals surface area (Å²) in [6.45, 7) is 2.44. The molecule has 2 rings (SSSR count). The third-order valence-corrected chi connectivity index (χ3v) is 4.09. The van der Waals surface area contributed by atoms with Crippen molar-refractivity contribution in [1.82, 2.24) is 5.32 Å². The topological polar surface area (TPSA) is 104 Å². The number of ether oxygens (including phenoxy) is 1. The molecule has 1 atom stereocenters. The number of azide groups is 1. The molecule has 0 aromatic heterocycles. The van der Waals surface area contributed by atoms with Crippen LogP contribution in [0.3, 0.4) is 0 Å². The predicted octanol–water partition coefficient (Wildman–Crippen LogP) is 5.10. The number of hydrogen-bond acceptors (Lipinski definition) is 4. The Bertz CT molecular complexity index is 866. The van der Waals surface area contributed by atoms with Gasteiger partial charge in [-0.25, -0.2) is 4.79 Å². The van der Waals surface area contributed by atoms with Gasteiger partial charge in [0.1, 0.15) is 0 Å². The van der Waals surface area contributed by atoms with E-state index in [2.05, 4.69) is 15.3 Å². The lowest BCUT2D eigenvalue weighted by Crippen LogP contribution is -2.33. The SMILES string of the molecule is CCCCNC(=O)C(OC(=O)c1ccccc1Cl)c1ccccc1N=[N+]=[N-]. The molecule has 0 heterocycles. The van der Waals surface area contributed by atoms with E-state index in [1.165, 1.54) is 6.07 Å². The van der Waals surface area contributed by atoms with Crippen molar-refractivity contribution < 1.29 is 14.3 Å². The van der Waals surface area contributed by atoms with Crippen LogP contribution in [0.4, 0.5) is 5.69 Å². The molecule has 1 unspecified atom stereocenters. The molecule has 8 heteroatoms. The fourth-order valence-electron chi connectivity index (χ4n) is 2.39. The molecular formula is C19H19ClN4O3. The van der Waals surface area contributed by atoms with Crippen LogP contribution in [0, 0.1) is 0 Å². The van der Waals surface area contributed by atoms with Gasteiger partial charge in [0.2, 0.25) is 6.10 Å². The van der Waals surface area contributed by atoms with Crippen molar-refractivity contribution in [3.8, 4) is 0 Å². The molecular weight excluding hydrogens is 368 g/mol. The van der Waals surface area contributed by atoms with Crippen molar-refractivity contribution in [3.63, 3.8) is 0 Å². The molecule has 0 fully saturated rings. The van der Waals surface area contributed by atoms with Gasteiger partial charge in [-0.15, -0.1) is 0 Å². The number of benzene rings is 2. The van der Waals surface area contributed by atoms with E-state index in [1.54, 1.807) is 42.5 Å². The largest absolute Gasteiger partial charge is 0.444 e. The Morgan fingerprint density at radius 3 is 2.63 bits per heavy atom. The molecule has 0 bridgehead atoms. The van der Waals surface area contributed by atoms with Crippen LogP contribution in [0.15, 0.2) is 53.6 Å². The van der Waals surface area contributed by atoms with Crippen molar-refractivity contribution >= 4 is 29.2 Å². The van der Waals surface area contributed by atoms with Crippen molar-refractivity contribution in [3.05, 3.63) is 75.1 Å². The Morgan fingerprint density at radius 1 is 1.22 bits per heavy atom. The predicted molar refractivity (Wildman–Crippen MR) is 103 cm³/mol. The van der Waals surface area contributed by atoms with Gasteiger partial charge in [0.15, 0.2) is 0 Å². The number of hydrogen-bond donors (Lipinski definition) is 1. The van der Waals surface area contributed by atoms with Crippen molar-refractivity contribution in [2.45, 2.75) is 25.9 Å². The lowest BCUT2D eigenvalue weighted by molar-refractivity contribution is -0.130. The third kappa shape index (κ3) is 5.48. The standard InChI is InChI=1S/C19H19ClN4O3/c1-2-3-12-22-18(25)17(14-9-5-7-11-16(14)23-24-21)27-19(26)13-8-4-6-10-15(13)20/h4-11,17H,2-3,12H2,1H3,(H,22,25). The molecule has 140 valence electrons. The Kier molecular flexibility index (Phi) is 7.67. The zero-order valence-corrected chi connectivity index (χ0v) is 15.5. The van der Waals surface area contributed by atoms with Crippen LogP contribution in [0.1, 0.15) is 41.8 Å². The van der Waals surface area contributed by atoms with Crippen LogP contribution in [-0.2, 0) is 9.53 Å². The van der Waals surface area contributed by atoms with Gasteiger partial charge in [0.25, 0.3) is 5.91 Å². The molecule has 27 heavy (non-hydrogen) atoms. The second-order valence-electron chi connectivity index (χ2n) is 5.66. The summed E-state index contributed by atoms with van der Waals surface area (Å²) in [7, 11) is 0. The smallest absolute Gasteiger partial charge is 0.340 e. The van der Waals surface area contributed by atoms with Gasteiger partial charge in [-0.1, -0.05) is 66.5 Å². The van der Waals surface area contributed by atoms with Crippen LogP contribution in [0.5, 0.6) is 0 Å². The normalized spacial score (nSPS) is 11.2. The summed E-state index contributed by atoms with van der Waals surface area (Å²) in [5, 5.41) is 6.54. The van der Waals surface area contributed by atoms with Crippen LogP contribution < -0.4 is 5.32 Å². The summed E-state index contributed by atoms with van der Waals surface area (Å²) in [5.41, 5.74) is 9.42. The minimum atomic E-state index is -1.27. The lowest BCUT2D eigenvalue weighted by Gasteiger charge is -2.19. The van der Waals surface area contributed by atoms with E-state index in [1.807, 2.05) is 6.92 Å². The Hall–Kier alpha value is -3.02. The highest BCUT2D eigenvalue weighted by molar-refractivity contribution is 6.33. The summed E-state index contributed by atoms with van der Waals surface area (Å²) < 4.78 is 5.46. The zero-order valence-electron chi connectivity index (χ0n) is 14.8. The van der Waals surface area contributed by atoms with Gasteiger partial charge < -0.3 is 10.1 Å². The van der Waals surface area contributed by atoms with Crippen molar-refractivity contribution in [2.75, 3.05) is 6.54 Å². The number of halogens is 1. The van der Waals surface area contributed by atoms with E-state index in [9.17, 15) is 9.59 Å². The maximum absolute atomic E-state index is 12.7. The maximum atomic E-state index is 12.7. The van der Waals surface area contributed by atoms with Crippen LogP contribution in [0.2, 0.25) is 5.02 Å². The highest BCUT2D eigenvalue weighted by atomic mass is 35.5. The molecule has 0 spiro atoms. The lowest BCUT2D eigenvalue weighted by atomic mass is 10.1. The van der Waals surface area contributed by atoms with Crippen LogP contribution >= 0.6 is 11.6 Å².